The van der Waals surface area contributed by atoms with Crippen molar-refractivity contribution in [2.24, 2.45) is 0 Å². The maximum atomic E-state index is 12.1. The van der Waals surface area contributed by atoms with Crippen molar-refractivity contribution in [3.05, 3.63) is 33.2 Å². The lowest BCUT2D eigenvalue weighted by Crippen LogP contribution is -2.13. The number of aromatic nitrogens is 2. The summed E-state index contributed by atoms with van der Waals surface area (Å²) in [5.41, 5.74) is 1.34. The maximum absolute atomic E-state index is 12.1. The summed E-state index contributed by atoms with van der Waals surface area (Å²) in [5.74, 6) is 1.16. The van der Waals surface area contributed by atoms with Gasteiger partial charge in [0, 0.05) is 12.3 Å². The smallest absolute Gasteiger partial charge is 0.226 e. The molecule has 0 bridgehead atoms. The Morgan fingerprint density at radius 2 is 1.96 bits per heavy atom. The van der Waals surface area contributed by atoms with E-state index < -0.39 is 0 Å². The van der Waals surface area contributed by atoms with E-state index in [0.29, 0.717) is 30.5 Å². The highest BCUT2D eigenvalue weighted by atomic mass is 79.9. The van der Waals surface area contributed by atoms with E-state index in [2.05, 4.69) is 78.2 Å². The topological polar surface area (TPSA) is 64.1 Å². The van der Waals surface area contributed by atoms with Gasteiger partial charge < -0.3 is 10.1 Å². The second-order valence-corrected chi connectivity index (χ2v) is 9.72. The zero-order valence-corrected chi connectivity index (χ0v) is 19.7. The fraction of sp³-hybridized carbons (Fsp3) is 0.571. The predicted molar refractivity (Wildman–Crippen MR) is 119 cm³/mol. The molecule has 0 aliphatic heterocycles. The summed E-state index contributed by atoms with van der Waals surface area (Å²) < 4.78 is 6.75. The molecule has 1 amide bonds. The Bertz CT molecular complexity index is 782. The number of amides is 1. The van der Waals surface area contributed by atoms with Crippen molar-refractivity contribution in [3.8, 4) is 5.75 Å². The van der Waals surface area contributed by atoms with Crippen LogP contribution >= 0.6 is 27.3 Å². The molecule has 0 fully saturated rings. The van der Waals surface area contributed by atoms with E-state index in [1.807, 2.05) is 6.07 Å². The third kappa shape index (κ3) is 6.55. The molecule has 2 aromatic rings. The molecule has 0 aliphatic rings. The van der Waals surface area contributed by atoms with Gasteiger partial charge in [-0.05, 0) is 58.3 Å². The monoisotopic (exact) mass is 467 g/mol. The Balaban J connectivity index is 1.77. The first-order valence-corrected chi connectivity index (χ1v) is 11.4. The molecule has 0 radical (unpaired) electrons. The molecule has 0 saturated carbocycles. The van der Waals surface area contributed by atoms with E-state index in [9.17, 15) is 4.79 Å². The Kier molecular flexibility index (Phi) is 8.43. The number of carbonyl (C=O) groups excluding carboxylic acids is 1. The summed E-state index contributed by atoms with van der Waals surface area (Å²) in [6, 6.07) is 6.15. The summed E-state index contributed by atoms with van der Waals surface area (Å²) in [7, 11) is 0. The van der Waals surface area contributed by atoms with Gasteiger partial charge >= 0.3 is 0 Å². The van der Waals surface area contributed by atoms with Gasteiger partial charge in [0.2, 0.25) is 11.0 Å². The summed E-state index contributed by atoms with van der Waals surface area (Å²) in [6.07, 6.45) is 3.08. The largest absolute Gasteiger partial charge is 0.492 e. The Labute approximate surface area is 180 Å². The molecule has 1 N–H and O–H groups in total. The molecule has 0 aliphatic carbocycles. The SMILES string of the molecule is CCC(CC)c1nnc(NC(=O)CCCOc2ccc(C(C)(C)C)cc2Br)s1. The van der Waals surface area contributed by atoms with Crippen molar-refractivity contribution >= 4 is 38.3 Å². The van der Waals surface area contributed by atoms with Crippen LogP contribution in [0.5, 0.6) is 5.75 Å². The fourth-order valence-electron chi connectivity index (χ4n) is 2.77. The van der Waals surface area contributed by atoms with E-state index in [-0.39, 0.29) is 11.3 Å². The van der Waals surface area contributed by atoms with Gasteiger partial charge in [0.05, 0.1) is 11.1 Å². The van der Waals surface area contributed by atoms with Crippen molar-refractivity contribution in [2.45, 2.75) is 71.6 Å². The molecule has 7 heteroatoms. The van der Waals surface area contributed by atoms with Gasteiger partial charge in [0.15, 0.2) is 0 Å². The van der Waals surface area contributed by atoms with Crippen LogP contribution in [-0.4, -0.2) is 22.7 Å². The zero-order chi connectivity index (χ0) is 20.7. The summed E-state index contributed by atoms with van der Waals surface area (Å²) in [4.78, 5) is 12.1. The zero-order valence-electron chi connectivity index (χ0n) is 17.3. The first-order chi connectivity index (χ1) is 13.2. The first kappa shape index (κ1) is 22.8. The highest BCUT2D eigenvalue weighted by molar-refractivity contribution is 9.10. The lowest BCUT2D eigenvalue weighted by atomic mass is 9.87. The highest BCUT2D eigenvalue weighted by Gasteiger charge is 2.16. The van der Waals surface area contributed by atoms with Crippen LogP contribution in [0.25, 0.3) is 0 Å². The van der Waals surface area contributed by atoms with Crippen molar-refractivity contribution in [1.82, 2.24) is 10.2 Å². The van der Waals surface area contributed by atoms with E-state index in [1.165, 1.54) is 16.9 Å². The number of nitrogens with one attached hydrogen (secondary N) is 1. The molecular weight excluding hydrogens is 438 g/mol. The molecular formula is C21H30BrN3O2S. The van der Waals surface area contributed by atoms with Crippen molar-refractivity contribution in [1.29, 1.82) is 0 Å². The minimum absolute atomic E-state index is 0.0574. The number of ether oxygens (including phenoxy) is 1. The molecule has 0 unspecified atom stereocenters. The van der Waals surface area contributed by atoms with E-state index in [1.54, 1.807) is 0 Å². The van der Waals surface area contributed by atoms with Crippen LogP contribution in [-0.2, 0) is 10.2 Å². The molecule has 154 valence electrons. The molecule has 28 heavy (non-hydrogen) atoms. The number of halogens is 1. The molecule has 5 nitrogen and oxygen atoms in total. The number of carbonyl (C=O) groups is 1. The van der Waals surface area contributed by atoms with Gasteiger partial charge in [-0.2, -0.15) is 0 Å². The van der Waals surface area contributed by atoms with Gasteiger partial charge in [0.1, 0.15) is 10.8 Å². The average molecular weight is 468 g/mol. The molecule has 0 atom stereocenters. The standard InChI is InChI=1S/C21H30BrN3O2S/c1-6-14(7-2)19-24-25-20(28-19)23-18(26)9-8-12-27-17-11-10-15(13-16(17)22)21(3,4)5/h10-11,13-14H,6-9,12H2,1-5H3,(H,23,25,26). The molecule has 1 aromatic carbocycles. The highest BCUT2D eigenvalue weighted by Crippen LogP contribution is 2.31. The summed E-state index contributed by atoms with van der Waals surface area (Å²) in [5, 5.41) is 12.7. The van der Waals surface area contributed by atoms with Crippen LogP contribution in [0.4, 0.5) is 5.13 Å². The van der Waals surface area contributed by atoms with Crippen molar-refractivity contribution in [3.63, 3.8) is 0 Å². The van der Waals surface area contributed by atoms with Crippen LogP contribution in [0.15, 0.2) is 22.7 Å². The lowest BCUT2D eigenvalue weighted by molar-refractivity contribution is -0.116. The summed E-state index contributed by atoms with van der Waals surface area (Å²) in [6.45, 7) is 11.3. The minimum atomic E-state index is -0.0574. The average Bonchev–Trinajstić information content (AvgIpc) is 3.08. The molecule has 0 spiro atoms. The summed E-state index contributed by atoms with van der Waals surface area (Å²) >= 11 is 5.04. The number of rotatable bonds is 9. The molecule has 1 heterocycles. The van der Waals surface area contributed by atoms with E-state index >= 15 is 0 Å². The Hall–Kier alpha value is -1.47. The lowest BCUT2D eigenvalue weighted by Gasteiger charge is -2.20. The van der Waals surface area contributed by atoms with Crippen LogP contribution in [0.3, 0.4) is 0 Å². The third-order valence-corrected chi connectivity index (χ3v) is 6.25. The van der Waals surface area contributed by atoms with E-state index in [4.69, 9.17) is 4.74 Å². The molecule has 0 saturated heterocycles. The Morgan fingerprint density at radius 1 is 1.25 bits per heavy atom. The van der Waals surface area contributed by atoms with Crippen molar-refractivity contribution < 1.29 is 9.53 Å². The number of nitrogens with zero attached hydrogens (tertiary/aromatic N) is 2. The van der Waals surface area contributed by atoms with Crippen LogP contribution < -0.4 is 10.1 Å². The second-order valence-electron chi connectivity index (χ2n) is 7.85. The number of anilines is 1. The molecule has 2 rings (SSSR count). The van der Waals surface area contributed by atoms with Crippen LogP contribution in [0, 0.1) is 0 Å². The Morgan fingerprint density at radius 3 is 2.57 bits per heavy atom. The quantitative estimate of drug-likeness (QED) is 0.439. The normalized spacial score (nSPS) is 11.7. The van der Waals surface area contributed by atoms with Gasteiger partial charge in [-0.15, -0.1) is 10.2 Å². The van der Waals surface area contributed by atoms with E-state index in [0.717, 1.165) is 28.1 Å². The van der Waals surface area contributed by atoms with Crippen molar-refractivity contribution in [2.75, 3.05) is 11.9 Å². The second kappa shape index (κ2) is 10.3. The first-order valence-electron chi connectivity index (χ1n) is 9.80. The van der Waals surface area contributed by atoms with Gasteiger partial charge in [-0.25, -0.2) is 0 Å². The third-order valence-electron chi connectivity index (χ3n) is 4.63. The fourth-order valence-corrected chi connectivity index (χ4v) is 4.29. The van der Waals surface area contributed by atoms with Gasteiger partial charge in [-0.3, -0.25) is 4.79 Å². The maximum Gasteiger partial charge on any atom is 0.226 e. The van der Waals surface area contributed by atoms with Gasteiger partial charge in [0.25, 0.3) is 0 Å². The molecule has 1 aromatic heterocycles. The number of hydrogen-bond acceptors (Lipinski definition) is 5. The van der Waals surface area contributed by atoms with Crippen LogP contribution in [0.1, 0.15) is 76.8 Å². The number of hydrogen-bond donors (Lipinski definition) is 1. The minimum Gasteiger partial charge on any atom is -0.492 e. The van der Waals surface area contributed by atoms with Crippen LogP contribution in [0.2, 0.25) is 0 Å². The number of benzene rings is 1. The van der Waals surface area contributed by atoms with Gasteiger partial charge in [-0.1, -0.05) is 52.0 Å². The predicted octanol–water partition coefficient (Wildman–Crippen LogP) is 6.30.